The predicted molar refractivity (Wildman–Crippen MR) is 410 cm³/mol. The van der Waals surface area contributed by atoms with Gasteiger partial charge in [-0.1, -0.05) is 102 Å². The summed E-state index contributed by atoms with van der Waals surface area (Å²) in [4.78, 5) is 109. The molecule has 7 heterocycles. The van der Waals surface area contributed by atoms with Crippen molar-refractivity contribution in [2.45, 2.75) is 90.2 Å². The minimum absolute atomic E-state index is 0.201. The van der Waals surface area contributed by atoms with Crippen molar-refractivity contribution in [3.05, 3.63) is 305 Å². The smallest absolute Gasteiger partial charge is 0.322 e. The van der Waals surface area contributed by atoms with Gasteiger partial charge in [0, 0.05) is 59.8 Å². The van der Waals surface area contributed by atoms with Crippen molar-refractivity contribution < 1.29 is 68.3 Å². The molecule has 0 fully saturated rings. The first-order valence-electron chi connectivity index (χ1n) is 35.1. The fraction of sp³-hybridized carbons (Fsp3) is 0.163. The van der Waals surface area contributed by atoms with E-state index in [2.05, 4.69) is 45.9 Å². The molecular formula is C86H67F9N12O6. The van der Waals surface area contributed by atoms with Crippen molar-refractivity contribution in [1.82, 2.24) is 29.9 Å². The van der Waals surface area contributed by atoms with E-state index in [0.29, 0.717) is 84.3 Å². The van der Waals surface area contributed by atoms with Gasteiger partial charge in [-0.15, -0.1) is 0 Å². The van der Waals surface area contributed by atoms with Crippen LogP contribution in [0.15, 0.2) is 244 Å². The maximum absolute atomic E-state index is 13.9. The molecule has 0 radical (unpaired) electrons. The van der Waals surface area contributed by atoms with Crippen LogP contribution >= 0.6 is 0 Å². The number of rotatable bonds is 12. The number of anilines is 9. The van der Waals surface area contributed by atoms with Gasteiger partial charge in [0.1, 0.15) is 0 Å². The molecule has 113 heavy (non-hydrogen) atoms. The van der Waals surface area contributed by atoms with E-state index in [1.807, 2.05) is 13.8 Å². The number of halogens is 9. The molecule has 27 heteroatoms. The topological polar surface area (TPSA) is 226 Å². The highest BCUT2D eigenvalue weighted by Gasteiger charge is 2.51. The third-order valence-corrected chi connectivity index (χ3v) is 19.5. The van der Waals surface area contributed by atoms with Gasteiger partial charge < -0.3 is 16.0 Å². The Bertz CT molecular complexity index is 5480. The number of carbonyl (C=O) groups excluding carboxylic acids is 6. The van der Waals surface area contributed by atoms with E-state index in [-0.39, 0.29) is 35.2 Å². The average Bonchev–Trinajstić information content (AvgIpc) is 1.58. The van der Waals surface area contributed by atoms with Crippen molar-refractivity contribution >= 4 is 87.2 Å². The Morgan fingerprint density at radius 2 is 0.726 bits per heavy atom. The van der Waals surface area contributed by atoms with Crippen molar-refractivity contribution in [1.29, 1.82) is 0 Å². The molecule has 0 spiro atoms. The molecule has 3 aliphatic rings. The highest BCUT2D eigenvalue weighted by molar-refractivity contribution is 6.17. The molecule has 4 aromatic heterocycles. The summed E-state index contributed by atoms with van der Waals surface area (Å²) in [6.07, 6.45) is -3.95. The number of hydrogen-bond acceptors (Lipinski definition) is 12. The third kappa shape index (κ3) is 15.2. The Labute approximate surface area is 641 Å². The van der Waals surface area contributed by atoms with E-state index >= 15 is 0 Å². The highest BCUT2D eigenvalue weighted by Crippen LogP contribution is 2.53. The fourth-order valence-electron chi connectivity index (χ4n) is 14.0. The van der Waals surface area contributed by atoms with Crippen LogP contribution in [0.25, 0.3) is 33.4 Å². The number of alkyl halides is 9. The van der Waals surface area contributed by atoms with Crippen LogP contribution in [0, 0.1) is 13.8 Å². The van der Waals surface area contributed by atoms with Gasteiger partial charge in [-0.3, -0.25) is 43.6 Å². The summed E-state index contributed by atoms with van der Waals surface area (Å²) in [6.45, 7) is 14.2. The van der Waals surface area contributed by atoms with Crippen LogP contribution < -0.4 is 30.7 Å². The van der Waals surface area contributed by atoms with Crippen LogP contribution in [0.1, 0.15) is 117 Å². The van der Waals surface area contributed by atoms with Crippen LogP contribution in [0.4, 0.5) is 91.2 Å². The zero-order valence-corrected chi connectivity index (χ0v) is 61.5. The van der Waals surface area contributed by atoms with Gasteiger partial charge in [0.25, 0.3) is 17.7 Å². The standard InChI is InChI=1S/2C29H23F3N4O2.C28H21F3N4O2/c1-17-9-11-19(12-10-17)35-26(37)22-14-18(15-34-25(22)29(30,31)32)21-7-4-8-23-24(21)28(2,3)27(38)36(23)20-6-5-13-33-16-20;1-17-8-11-19(12-9-17)35-25(37)21-16-18(10-13-22(21)29(30,31)32)20-6-4-7-23-24(20)28(2,3)26(38)36(23)27-33-14-5-15-34-27;1-27(2)23-19(10-6-11-22(23)35(25(27)37)26-32-14-7-15-33-26)17-12-13-21(28(29,30)31)20(16-17)24(36)34-18-8-4-3-5-9-18/h2*4-16H,1-3H3,(H,35,37);3-16H,1-2H3,(H,34,36). The molecule has 12 aromatic rings. The third-order valence-electron chi connectivity index (χ3n) is 19.5. The van der Waals surface area contributed by atoms with Gasteiger partial charge in [0.15, 0.2) is 5.69 Å². The van der Waals surface area contributed by atoms with Crippen LogP contribution in [0.5, 0.6) is 0 Å². The van der Waals surface area contributed by atoms with Crippen LogP contribution in [0.2, 0.25) is 0 Å². The number of nitrogens with one attached hydrogen (secondary N) is 3. The summed E-state index contributed by atoms with van der Waals surface area (Å²) in [5, 5.41) is 7.63. The Kier molecular flexibility index (Phi) is 20.6. The molecule has 3 aliphatic heterocycles. The lowest BCUT2D eigenvalue weighted by Crippen LogP contribution is -2.34. The summed E-state index contributed by atoms with van der Waals surface area (Å²) >= 11 is 0. The van der Waals surface area contributed by atoms with Crippen molar-refractivity contribution in [3.8, 4) is 33.4 Å². The van der Waals surface area contributed by atoms with E-state index in [0.717, 1.165) is 29.5 Å². The Hall–Kier alpha value is -13.6. The number of pyridine rings is 2. The number of amides is 6. The SMILES string of the molecule is CC1(C)C(=O)N(c2ncccn2)c2cccc(-c3ccc(C(F)(F)F)c(C(=O)Nc4ccccc4)c3)c21.Cc1ccc(NC(=O)c2cc(-c3cccc4c3C(C)(C)C(=O)N4c3cccnc3)cnc2C(F)(F)F)cc1.Cc1ccc(NC(=O)c2cc(-c3cccc4c3C(C)(C)C(=O)N4c3ncccn3)ccc2C(F)(F)F)cc1. The molecule has 0 bridgehead atoms. The number of benzene rings is 8. The van der Waals surface area contributed by atoms with Gasteiger partial charge in [0.05, 0.1) is 73.0 Å². The molecule has 0 unspecified atom stereocenters. The van der Waals surface area contributed by atoms with Crippen LogP contribution in [0.3, 0.4) is 0 Å². The van der Waals surface area contributed by atoms with Gasteiger partial charge >= 0.3 is 18.5 Å². The summed E-state index contributed by atoms with van der Waals surface area (Å²) in [5.74, 6) is -3.04. The minimum Gasteiger partial charge on any atom is -0.322 e. The number of hydrogen-bond donors (Lipinski definition) is 3. The van der Waals surface area contributed by atoms with Gasteiger partial charge in [-0.2, -0.15) is 39.5 Å². The van der Waals surface area contributed by atoms with Gasteiger partial charge in [0.2, 0.25) is 29.6 Å². The molecular weight excluding hydrogens is 1470 g/mol. The molecule has 8 aromatic carbocycles. The number of aryl methyl sites for hydroxylation is 2. The minimum atomic E-state index is -4.84. The molecule has 0 aliphatic carbocycles. The maximum atomic E-state index is 13.9. The lowest BCUT2D eigenvalue weighted by Gasteiger charge is -2.21. The molecule has 0 atom stereocenters. The Balaban J connectivity index is 0.000000148. The largest absolute Gasteiger partial charge is 0.434 e. The van der Waals surface area contributed by atoms with Crippen molar-refractivity contribution in [2.75, 3.05) is 30.7 Å². The lowest BCUT2D eigenvalue weighted by molar-refractivity contribution is -0.141. The van der Waals surface area contributed by atoms with E-state index in [4.69, 9.17) is 0 Å². The lowest BCUT2D eigenvalue weighted by atomic mass is 9.81. The summed E-state index contributed by atoms with van der Waals surface area (Å²) in [5.41, 5.74) is 1.64. The van der Waals surface area contributed by atoms with Gasteiger partial charge in [-0.25, -0.2) is 29.7 Å². The van der Waals surface area contributed by atoms with E-state index in [1.165, 1.54) is 64.9 Å². The summed E-state index contributed by atoms with van der Waals surface area (Å²) in [6, 6.07) is 52.2. The van der Waals surface area contributed by atoms with Crippen molar-refractivity contribution in [3.63, 3.8) is 0 Å². The normalized spacial score (nSPS) is 14.4. The monoisotopic (exact) mass is 1530 g/mol. The fourth-order valence-corrected chi connectivity index (χ4v) is 14.0. The number of fused-ring (bicyclic) bond motifs is 3. The second-order valence-electron chi connectivity index (χ2n) is 28.3. The van der Waals surface area contributed by atoms with Crippen molar-refractivity contribution in [2.24, 2.45) is 0 Å². The maximum Gasteiger partial charge on any atom is 0.434 e. The second kappa shape index (κ2) is 30.0. The first-order valence-corrected chi connectivity index (χ1v) is 35.1. The molecule has 570 valence electrons. The second-order valence-corrected chi connectivity index (χ2v) is 28.3. The average molecular weight is 1540 g/mol. The molecule has 18 nitrogen and oxygen atoms in total. The summed E-state index contributed by atoms with van der Waals surface area (Å²) < 4.78 is 125. The number of nitrogens with zero attached hydrogens (tertiary/aromatic N) is 9. The van der Waals surface area contributed by atoms with Crippen LogP contribution in [-0.4, -0.2) is 65.3 Å². The van der Waals surface area contributed by atoms with Gasteiger partial charge in [-0.05, 0) is 209 Å². The molecule has 0 saturated carbocycles. The number of para-hydroxylation sites is 1. The van der Waals surface area contributed by atoms with E-state index < -0.39 is 86.0 Å². The molecule has 15 rings (SSSR count). The van der Waals surface area contributed by atoms with Crippen LogP contribution in [-0.2, 0) is 49.2 Å². The van der Waals surface area contributed by atoms with E-state index in [9.17, 15) is 68.3 Å². The quantitative estimate of drug-likeness (QED) is 0.0971. The molecule has 0 saturated heterocycles. The molecule has 6 amide bonds. The molecule has 3 N–H and O–H groups in total. The van der Waals surface area contributed by atoms with E-state index in [1.54, 1.807) is 217 Å². The Morgan fingerprint density at radius 1 is 0.354 bits per heavy atom. The Morgan fingerprint density at radius 3 is 1.12 bits per heavy atom. The summed E-state index contributed by atoms with van der Waals surface area (Å²) in [7, 11) is 0. The first kappa shape index (κ1) is 77.6. The predicted octanol–water partition coefficient (Wildman–Crippen LogP) is 19.7. The number of aromatic nitrogens is 6. The first-order chi connectivity index (χ1) is 53.5. The zero-order chi connectivity index (χ0) is 80.9. The zero-order valence-electron chi connectivity index (χ0n) is 61.5. The number of carbonyl (C=O) groups is 6. The highest BCUT2D eigenvalue weighted by atomic mass is 19.4.